The summed E-state index contributed by atoms with van der Waals surface area (Å²) in [5.41, 5.74) is 5.56. The van der Waals surface area contributed by atoms with Crippen molar-refractivity contribution >= 4 is 0 Å². The number of nitrogens with two attached hydrogens (primary N) is 1. The van der Waals surface area contributed by atoms with Crippen molar-refractivity contribution in [1.29, 1.82) is 0 Å². The quantitative estimate of drug-likeness (QED) is 0.468. The van der Waals surface area contributed by atoms with Gasteiger partial charge in [-0.2, -0.15) is 0 Å². The minimum Gasteiger partial charge on any atom is -0.328 e. The van der Waals surface area contributed by atoms with E-state index in [2.05, 4.69) is 12.2 Å². The SMILES string of the molecule is C[C@H](N)C1CNC1. The molecule has 1 rings (SSSR count). The van der Waals surface area contributed by atoms with Gasteiger partial charge >= 0.3 is 0 Å². The average molecular weight is 100 g/mol. The fraction of sp³-hybridized carbons (Fsp3) is 1.00. The molecule has 0 radical (unpaired) electrons. The summed E-state index contributed by atoms with van der Waals surface area (Å²) in [6.45, 7) is 4.31. The van der Waals surface area contributed by atoms with E-state index >= 15 is 0 Å². The van der Waals surface area contributed by atoms with Gasteiger partial charge in [0.15, 0.2) is 0 Å². The second kappa shape index (κ2) is 1.80. The molecule has 0 aliphatic carbocycles. The summed E-state index contributed by atoms with van der Waals surface area (Å²) in [7, 11) is 0. The van der Waals surface area contributed by atoms with E-state index in [1.165, 1.54) is 0 Å². The van der Waals surface area contributed by atoms with Crippen molar-refractivity contribution in [2.24, 2.45) is 11.7 Å². The summed E-state index contributed by atoms with van der Waals surface area (Å²) in [4.78, 5) is 0. The monoisotopic (exact) mass is 100 g/mol. The molecule has 3 N–H and O–H groups in total. The van der Waals surface area contributed by atoms with Gasteiger partial charge in [-0.1, -0.05) is 0 Å². The standard InChI is InChI=1S/C5H12N2/c1-4(6)5-2-7-3-5/h4-5,7H,2-3,6H2,1H3/t4-/m0/s1. The van der Waals surface area contributed by atoms with Crippen LogP contribution in [0.2, 0.25) is 0 Å². The van der Waals surface area contributed by atoms with E-state index in [9.17, 15) is 0 Å². The highest BCUT2D eigenvalue weighted by Crippen LogP contribution is 2.04. The lowest BCUT2D eigenvalue weighted by Crippen LogP contribution is -2.50. The molecule has 0 spiro atoms. The van der Waals surface area contributed by atoms with Crippen molar-refractivity contribution in [2.75, 3.05) is 13.1 Å². The van der Waals surface area contributed by atoms with Gasteiger partial charge in [0.05, 0.1) is 0 Å². The summed E-state index contributed by atoms with van der Waals surface area (Å²) in [6.07, 6.45) is 0. The van der Waals surface area contributed by atoms with Crippen LogP contribution in [0.4, 0.5) is 0 Å². The van der Waals surface area contributed by atoms with E-state index in [4.69, 9.17) is 5.73 Å². The van der Waals surface area contributed by atoms with Crippen molar-refractivity contribution in [3.8, 4) is 0 Å². The molecule has 0 saturated carbocycles. The zero-order chi connectivity index (χ0) is 5.28. The highest BCUT2D eigenvalue weighted by Gasteiger charge is 2.19. The van der Waals surface area contributed by atoms with Gasteiger partial charge < -0.3 is 11.1 Å². The Morgan fingerprint density at radius 1 is 1.71 bits per heavy atom. The minimum absolute atomic E-state index is 0.390. The van der Waals surface area contributed by atoms with Crippen LogP contribution >= 0.6 is 0 Å². The Labute approximate surface area is 44.1 Å². The van der Waals surface area contributed by atoms with Crippen molar-refractivity contribution in [3.63, 3.8) is 0 Å². The van der Waals surface area contributed by atoms with Crippen molar-refractivity contribution in [1.82, 2.24) is 5.32 Å². The van der Waals surface area contributed by atoms with E-state index < -0.39 is 0 Å². The van der Waals surface area contributed by atoms with Crippen LogP contribution in [0.5, 0.6) is 0 Å². The largest absolute Gasteiger partial charge is 0.328 e. The molecule has 42 valence electrons. The molecule has 0 aromatic rings. The van der Waals surface area contributed by atoms with Crippen LogP contribution in [0.15, 0.2) is 0 Å². The van der Waals surface area contributed by atoms with Crippen LogP contribution in [-0.2, 0) is 0 Å². The fourth-order valence-electron chi connectivity index (χ4n) is 0.683. The molecule has 0 aromatic heterocycles. The molecule has 1 aliphatic rings. The third-order valence-electron chi connectivity index (χ3n) is 1.56. The first-order chi connectivity index (χ1) is 3.30. The first-order valence-electron chi connectivity index (χ1n) is 2.77. The van der Waals surface area contributed by atoms with E-state index in [-0.39, 0.29) is 0 Å². The van der Waals surface area contributed by atoms with Crippen LogP contribution < -0.4 is 11.1 Å². The third kappa shape index (κ3) is 0.924. The molecule has 1 fully saturated rings. The lowest BCUT2D eigenvalue weighted by molar-refractivity contribution is 0.304. The lowest BCUT2D eigenvalue weighted by Gasteiger charge is -2.30. The van der Waals surface area contributed by atoms with E-state index in [0.29, 0.717) is 6.04 Å². The van der Waals surface area contributed by atoms with Crippen LogP contribution in [0.1, 0.15) is 6.92 Å². The zero-order valence-corrected chi connectivity index (χ0v) is 4.65. The van der Waals surface area contributed by atoms with Gasteiger partial charge in [0.25, 0.3) is 0 Å². The Hall–Kier alpha value is -0.0800. The average Bonchev–Trinajstić information content (AvgIpc) is 1.23. The highest BCUT2D eigenvalue weighted by molar-refractivity contribution is 4.80. The number of hydrogen-bond donors (Lipinski definition) is 2. The molecule has 0 amide bonds. The Bertz CT molecular complexity index is 57.1. The Balaban J connectivity index is 2.14. The van der Waals surface area contributed by atoms with Gasteiger partial charge in [-0.05, 0) is 12.8 Å². The molecule has 2 nitrogen and oxygen atoms in total. The summed E-state index contributed by atoms with van der Waals surface area (Å²) in [6, 6.07) is 0.390. The normalized spacial score (nSPS) is 26.6. The molecule has 1 saturated heterocycles. The molecule has 1 atom stereocenters. The maximum atomic E-state index is 5.56. The van der Waals surface area contributed by atoms with Crippen molar-refractivity contribution < 1.29 is 0 Å². The number of rotatable bonds is 1. The van der Waals surface area contributed by atoms with Crippen molar-refractivity contribution in [3.05, 3.63) is 0 Å². The van der Waals surface area contributed by atoms with E-state index in [1.807, 2.05) is 0 Å². The van der Waals surface area contributed by atoms with Crippen LogP contribution in [0, 0.1) is 5.92 Å². The molecule has 1 heterocycles. The first kappa shape index (κ1) is 5.06. The van der Waals surface area contributed by atoms with Crippen molar-refractivity contribution in [2.45, 2.75) is 13.0 Å². The summed E-state index contributed by atoms with van der Waals surface area (Å²) in [5.74, 6) is 0.750. The van der Waals surface area contributed by atoms with Crippen LogP contribution in [0.3, 0.4) is 0 Å². The second-order valence-electron chi connectivity index (χ2n) is 2.28. The molecule has 0 bridgehead atoms. The fourth-order valence-corrected chi connectivity index (χ4v) is 0.683. The molecule has 0 unspecified atom stereocenters. The molecule has 2 heteroatoms. The van der Waals surface area contributed by atoms with Gasteiger partial charge in [-0.15, -0.1) is 0 Å². The highest BCUT2D eigenvalue weighted by atomic mass is 15.0. The Morgan fingerprint density at radius 2 is 2.29 bits per heavy atom. The van der Waals surface area contributed by atoms with Gasteiger partial charge in [-0.3, -0.25) is 0 Å². The molecular formula is C5H12N2. The van der Waals surface area contributed by atoms with Gasteiger partial charge in [0.1, 0.15) is 0 Å². The van der Waals surface area contributed by atoms with Gasteiger partial charge in [0.2, 0.25) is 0 Å². The maximum absolute atomic E-state index is 5.56. The first-order valence-corrected chi connectivity index (χ1v) is 2.77. The Kier molecular flexibility index (Phi) is 1.30. The maximum Gasteiger partial charge on any atom is 0.00630 e. The van der Waals surface area contributed by atoms with E-state index in [1.54, 1.807) is 0 Å². The molecule has 1 aliphatic heterocycles. The van der Waals surface area contributed by atoms with Crippen LogP contribution in [0.25, 0.3) is 0 Å². The van der Waals surface area contributed by atoms with Gasteiger partial charge in [0, 0.05) is 19.1 Å². The predicted molar refractivity (Wildman–Crippen MR) is 30.0 cm³/mol. The minimum atomic E-state index is 0.390. The third-order valence-corrected chi connectivity index (χ3v) is 1.56. The smallest absolute Gasteiger partial charge is 0.00630 e. The summed E-state index contributed by atoms with van der Waals surface area (Å²) < 4.78 is 0. The topological polar surface area (TPSA) is 38.0 Å². The van der Waals surface area contributed by atoms with Crippen LogP contribution in [-0.4, -0.2) is 19.1 Å². The Morgan fingerprint density at radius 3 is 2.29 bits per heavy atom. The zero-order valence-electron chi connectivity index (χ0n) is 4.65. The summed E-state index contributed by atoms with van der Waals surface area (Å²) in [5, 5.41) is 3.16. The molecule has 7 heavy (non-hydrogen) atoms. The van der Waals surface area contributed by atoms with E-state index in [0.717, 1.165) is 19.0 Å². The summed E-state index contributed by atoms with van der Waals surface area (Å²) >= 11 is 0. The number of nitrogens with one attached hydrogen (secondary N) is 1. The second-order valence-corrected chi connectivity index (χ2v) is 2.28. The lowest BCUT2D eigenvalue weighted by atomic mass is 9.96. The predicted octanol–water partition coefficient (Wildman–Crippen LogP) is -0.447. The number of hydrogen-bond acceptors (Lipinski definition) is 2. The van der Waals surface area contributed by atoms with Gasteiger partial charge in [-0.25, -0.2) is 0 Å². The molecular weight excluding hydrogens is 88.1 g/mol. The molecule has 0 aromatic carbocycles.